The Morgan fingerprint density at radius 1 is 1.23 bits per heavy atom. The molecule has 0 bridgehead atoms. The first-order chi connectivity index (χ1) is 10.1. The first-order valence-corrected chi connectivity index (χ1v) is 8.57. The molecule has 1 aromatic rings. The van der Waals surface area contributed by atoms with Crippen LogP contribution >= 0.6 is 0 Å². The molecule has 0 aliphatic heterocycles. The molecule has 1 rings (SSSR count). The van der Waals surface area contributed by atoms with Crippen LogP contribution in [0.2, 0.25) is 0 Å². The zero-order chi connectivity index (χ0) is 16.8. The third-order valence-corrected chi connectivity index (χ3v) is 4.20. The molecular formula is C16H23NO4S. The van der Waals surface area contributed by atoms with Crippen molar-refractivity contribution < 1.29 is 17.4 Å². The predicted molar refractivity (Wildman–Crippen MR) is 86.5 cm³/mol. The summed E-state index contributed by atoms with van der Waals surface area (Å²) in [5.74, 6) is -0.194. The first-order valence-electron chi connectivity index (χ1n) is 7.16. The number of amides is 1. The first kappa shape index (κ1) is 18.5. The van der Waals surface area contributed by atoms with Gasteiger partial charge in [-0.25, -0.2) is 4.99 Å². The molecule has 1 amide bonds. The minimum Gasteiger partial charge on any atom is -0.272 e. The predicted octanol–water partition coefficient (Wildman–Crippen LogP) is 3.12. The summed E-state index contributed by atoms with van der Waals surface area (Å²) in [5.41, 5.74) is 0.487. The second-order valence-corrected chi connectivity index (χ2v) is 7.71. The molecule has 122 valence electrons. The van der Waals surface area contributed by atoms with Crippen LogP contribution in [-0.2, 0) is 19.1 Å². The highest BCUT2D eigenvalue weighted by Crippen LogP contribution is 2.15. The highest BCUT2D eigenvalue weighted by Gasteiger charge is 2.19. The third-order valence-electron chi connectivity index (χ3n) is 2.88. The van der Waals surface area contributed by atoms with Gasteiger partial charge in [-0.15, -0.1) is 0 Å². The van der Waals surface area contributed by atoms with Crippen LogP contribution in [0.5, 0.6) is 0 Å². The van der Waals surface area contributed by atoms with Crippen molar-refractivity contribution in [3.05, 3.63) is 29.8 Å². The molecular weight excluding hydrogens is 302 g/mol. The second-order valence-electron chi connectivity index (χ2n) is 6.10. The molecule has 0 atom stereocenters. The SMILES string of the molecule is Cc1ccc(S(=O)(=O)OCCC/C=N/C(=O)C(C)(C)C)cc1. The van der Waals surface area contributed by atoms with Crippen LogP contribution in [0.25, 0.3) is 0 Å². The molecule has 0 unspecified atom stereocenters. The number of carbonyl (C=O) groups excluding carboxylic acids is 1. The molecule has 0 radical (unpaired) electrons. The Morgan fingerprint density at radius 3 is 2.36 bits per heavy atom. The fourth-order valence-electron chi connectivity index (χ4n) is 1.46. The second kappa shape index (κ2) is 7.65. The van der Waals surface area contributed by atoms with Gasteiger partial charge in [0.1, 0.15) is 0 Å². The molecule has 0 N–H and O–H groups in total. The van der Waals surface area contributed by atoms with Crippen molar-refractivity contribution >= 4 is 22.2 Å². The summed E-state index contributed by atoms with van der Waals surface area (Å²) >= 11 is 0. The van der Waals surface area contributed by atoms with Crippen molar-refractivity contribution in [2.45, 2.75) is 45.4 Å². The minimum atomic E-state index is -3.72. The summed E-state index contributed by atoms with van der Waals surface area (Å²) < 4.78 is 28.8. The molecule has 0 aromatic heterocycles. The summed E-state index contributed by atoms with van der Waals surface area (Å²) in [5, 5.41) is 0. The van der Waals surface area contributed by atoms with E-state index in [-0.39, 0.29) is 17.4 Å². The van der Waals surface area contributed by atoms with E-state index in [0.717, 1.165) is 5.56 Å². The number of benzene rings is 1. The van der Waals surface area contributed by atoms with Crippen molar-refractivity contribution in [2.75, 3.05) is 6.61 Å². The molecule has 0 fully saturated rings. The lowest BCUT2D eigenvalue weighted by atomic mass is 9.96. The van der Waals surface area contributed by atoms with Crippen LogP contribution < -0.4 is 0 Å². The van der Waals surface area contributed by atoms with Gasteiger partial charge >= 0.3 is 0 Å². The number of hydrogen-bond donors (Lipinski definition) is 0. The maximum absolute atomic E-state index is 11.9. The summed E-state index contributed by atoms with van der Waals surface area (Å²) in [6.45, 7) is 7.33. The average Bonchev–Trinajstić information content (AvgIpc) is 2.41. The quantitative estimate of drug-likeness (QED) is 0.457. The number of hydrogen-bond acceptors (Lipinski definition) is 4. The van der Waals surface area contributed by atoms with Gasteiger partial charge in [0.25, 0.3) is 16.0 Å². The monoisotopic (exact) mass is 325 g/mol. The number of aryl methyl sites for hydroxylation is 1. The molecule has 22 heavy (non-hydrogen) atoms. The lowest BCUT2D eigenvalue weighted by Gasteiger charge is -2.11. The van der Waals surface area contributed by atoms with Gasteiger partial charge in [-0.2, -0.15) is 8.42 Å². The van der Waals surface area contributed by atoms with Gasteiger partial charge in [0.15, 0.2) is 0 Å². The zero-order valence-corrected chi connectivity index (χ0v) is 14.3. The molecule has 0 aliphatic carbocycles. The van der Waals surface area contributed by atoms with E-state index < -0.39 is 15.5 Å². The number of nitrogens with zero attached hydrogens (tertiary/aromatic N) is 1. The van der Waals surface area contributed by atoms with Gasteiger partial charge in [-0.1, -0.05) is 38.5 Å². The van der Waals surface area contributed by atoms with Crippen LogP contribution in [0.15, 0.2) is 34.2 Å². The van der Waals surface area contributed by atoms with Crippen LogP contribution in [0.1, 0.15) is 39.2 Å². The Morgan fingerprint density at radius 2 is 1.82 bits per heavy atom. The lowest BCUT2D eigenvalue weighted by Crippen LogP contribution is -2.17. The molecule has 0 saturated carbocycles. The van der Waals surface area contributed by atoms with E-state index in [2.05, 4.69) is 4.99 Å². The highest BCUT2D eigenvalue weighted by molar-refractivity contribution is 7.86. The maximum atomic E-state index is 11.9. The molecule has 5 nitrogen and oxygen atoms in total. The van der Waals surface area contributed by atoms with Crippen LogP contribution in [0.4, 0.5) is 0 Å². The molecule has 0 saturated heterocycles. The summed E-state index contributed by atoms with van der Waals surface area (Å²) in [6, 6.07) is 6.49. The van der Waals surface area contributed by atoms with Gasteiger partial charge in [-0.05, 0) is 31.9 Å². The van der Waals surface area contributed by atoms with Gasteiger partial charge in [-0.3, -0.25) is 8.98 Å². The van der Waals surface area contributed by atoms with E-state index in [4.69, 9.17) is 4.18 Å². The Hall–Kier alpha value is -1.53. The van der Waals surface area contributed by atoms with E-state index in [0.29, 0.717) is 12.8 Å². The molecule has 6 heteroatoms. The smallest absolute Gasteiger partial charge is 0.272 e. The third kappa shape index (κ3) is 6.07. The molecule has 0 heterocycles. The Labute approximate surface area is 132 Å². The Kier molecular flexibility index (Phi) is 6.44. The summed E-state index contributed by atoms with van der Waals surface area (Å²) in [7, 11) is -3.72. The van der Waals surface area contributed by atoms with Crippen LogP contribution in [0, 0.1) is 12.3 Å². The maximum Gasteiger partial charge on any atom is 0.296 e. The normalized spacial score (nSPS) is 12.7. The molecule has 1 aromatic carbocycles. The van der Waals surface area contributed by atoms with Gasteiger partial charge in [0.2, 0.25) is 0 Å². The Bertz CT molecular complexity index is 625. The fraction of sp³-hybridized carbons (Fsp3) is 0.500. The van der Waals surface area contributed by atoms with Gasteiger partial charge in [0.05, 0.1) is 11.5 Å². The number of aliphatic imine (C=N–C) groups is 1. The van der Waals surface area contributed by atoms with Gasteiger partial charge < -0.3 is 0 Å². The zero-order valence-electron chi connectivity index (χ0n) is 13.5. The molecule has 0 spiro atoms. The lowest BCUT2D eigenvalue weighted by molar-refractivity contribution is -0.124. The van der Waals surface area contributed by atoms with E-state index in [1.165, 1.54) is 18.3 Å². The molecule has 0 aliphatic rings. The topological polar surface area (TPSA) is 72.8 Å². The number of carbonyl (C=O) groups is 1. The summed E-state index contributed by atoms with van der Waals surface area (Å²) in [4.78, 5) is 15.5. The van der Waals surface area contributed by atoms with Crippen molar-refractivity contribution in [1.29, 1.82) is 0 Å². The van der Waals surface area contributed by atoms with Crippen LogP contribution in [0.3, 0.4) is 0 Å². The average molecular weight is 325 g/mol. The summed E-state index contributed by atoms with van der Waals surface area (Å²) in [6.07, 6.45) is 2.48. The van der Waals surface area contributed by atoms with E-state index in [9.17, 15) is 13.2 Å². The fourth-order valence-corrected chi connectivity index (χ4v) is 2.40. The van der Waals surface area contributed by atoms with Crippen molar-refractivity contribution in [3.8, 4) is 0 Å². The number of rotatable bonds is 6. The van der Waals surface area contributed by atoms with E-state index in [1.54, 1.807) is 32.9 Å². The van der Waals surface area contributed by atoms with E-state index >= 15 is 0 Å². The number of unbranched alkanes of at least 4 members (excludes halogenated alkanes) is 1. The standard InChI is InChI=1S/C16H23NO4S/c1-13-7-9-14(10-8-13)22(19,20)21-12-6-5-11-17-15(18)16(2,3)4/h7-11H,5-6,12H2,1-4H3/b17-11+. The van der Waals surface area contributed by atoms with E-state index in [1.807, 2.05) is 6.92 Å². The van der Waals surface area contributed by atoms with Gasteiger partial charge in [0, 0.05) is 11.6 Å². The highest BCUT2D eigenvalue weighted by atomic mass is 32.2. The Balaban J connectivity index is 2.40. The largest absolute Gasteiger partial charge is 0.296 e. The van der Waals surface area contributed by atoms with Crippen LogP contribution in [-0.4, -0.2) is 27.1 Å². The van der Waals surface area contributed by atoms with Crippen molar-refractivity contribution in [3.63, 3.8) is 0 Å². The minimum absolute atomic E-state index is 0.0614. The van der Waals surface area contributed by atoms with Crippen molar-refractivity contribution in [1.82, 2.24) is 0 Å². The van der Waals surface area contributed by atoms with Crippen molar-refractivity contribution in [2.24, 2.45) is 10.4 Å².